The molecule has 0 aliphatic carbocycles. The van der Waals surface area contributed by atoms with Crippen molar-refractivity contribution in [1.29, 1.82) is 0 Å². The molecule has 2 aromatic rings. The first-order valence-corrected chi connectivity index (χ1v) is 10.5. The molecule has 174 valence electrons. The summed E-state index contributed by atoms with van der Waals surface area (Å²) in [4.78, 5) is 40.4. The Morgan fingerprint density at radius 1 is 1.12 bits per heavy atom. The zero-order chi connectivity index (χ0) is 23.5. The fraction of sp³-hybridized carbons (Fsp3) is 0.500. The number of nitrogens with zero attached hydrogens (tertiary/aromatic N) is 2. The number of hydrogen-bond acceptors (Lipinski definition) is 4. The van der Waals surface area contributed by atoms with E-state index in [1.54, 1.807) is 4.90 Å². The van der Waals surface area contributed by atoms with Crippen LogP contribution in [0.1, 0.15) is 65.6 Å². The number of aromatic nitrogens is 1. The maximum Gasteiger partial charge on any atom is 0.415 e. The quantitative estimate of drug-likeness (QED) is 0.722. The van der Waals surface area contributed by atoms with E-state index in [-0.39, 0.29) is 11.5 Å². The van der Waals surface area contributed by atoms with Gasteiger partial charge in [-0.05, 0) is 37.3 Å². The molecule has 10 heteroatoms. The minimum absolute atomic E-state index is 0.109. The number of alkyl halides is 3. The first-order valence-electron chi connectivity index (χ1n) is 10.5. The minimum Gasteiger partial charge on any atom is -0.467 e. The molecule has 0 unspecified atom stereocenters. The number of hydrogen-bond donors (Lipinski definition) is 1. The number of nitrogens with one attached hydrogen (secondary N) is 1. The Labute approximate surface area is 183 Å². The molecule has 3 rings (SSSR count). The van der Waals surface area contributed by atoms with Crippen LogP contribution in [0.15, 0.2) is 40.0 Å². The van der Waals surface area contributed by atoms with Crippen molar-refractivity contribution < 1.29 is 27.2 Å². The highest BCUT2D eigenvalue weighted by atomic mass is 19.4. The maximum absolute atomic E-state index is 13.5. The maximum atomic E-state index is 13.5. The van der Waals surface area contributed by atoms with E-state index in [0.717, 1.165) is 31.6 Å². The summed E-state index contributed by atoms with van der Waals surface area (Å²) in [5, 5.41) is 1.85. The summed E-state index contributed by atoms with van der Waals surface area (Å²) in [6.07, 6.45) is 1.39. The second-order valence-electron chi connectivity index (χ2n) is 8.32. The lowest BCUT2D eigenvalue weighted by atomic mass is 10.1. The molecule has 0 aromatic carbocycles. The molecule has 0 saturated carbocycles. The van der Waals surface area contributed by atoms with Crippen molar-refractivity contribution >= 4 is 11.8 Å². The highest BCUT2D eigenvalue weighted by molar-refractivity contribution is 5.99. The summed E-state index contributed by atoms with van der Waals surface area (Å²) in [5.74, 6) is -2.13. The van der Waals surface area contributed by atoms with E-state index in [1.165, 1.54) is 23.0 Å². The molecule has 1 atom stereocenters. The average molecular weight is 453 g/mol. The highest BCUT2D eigenvalue weighted by Gasteiger charge is 2.44. The fourth-order valence-corrected chi connectivity index (χ4v) is 3.72. The Morgan fingerprint density at radius 3 is 2.34 bits per heavy atom. The Bertz CT molecular complexity index is 1010. The van der Waals surface area contributed by atoms with Gasteiger partial charge in [0.05, 0.1) is 6.26 Å². The van der Waals surface area contributed by atoms with Gasteiger partial charge in [-0.25, -0.2) is 0 Å². The normalized spacial score (nSPS) is 15.6. The smallest absolute Gasteiger partial charge is 0.415 e. The van der Waals surface area contributed by atoms with Gasteiger partial charge in [0.1, 0.15) is 16.9 Å². The van der Waals surface area contributed by atoms with Crippen LogP contribution in [0, 0.1) is 5.92 Å². The third-order valence-corrected chi connectivity index (χ3v) is 5.20. The van der Waals surface area contributed by atoms with E-state index in [9.17, 15) is 27.6 Å². The highest BCUT2D eigenvalue weighted by Crippen LogP contribution is 2.33. The van der Waals surface area contributed by atoms with Gasteiger partial charge in [-0.1, -0.05) is 13.8 Å². The van der Waals surface area contributed by atoms with Crippen LogP contribution in [0.3, 0.4) is 0 Å². The van der Waals surface area contributed by atoms with Crippen molar-refractivity contribution in [1.82, 2.24) is 14.8 Å². The molecular formula is C22H26F3N3O4. The number of furan rings is 1. The van der Waals surface area contributed by atoms with Crippen LogP contribution in [0.25, 0.3) is 0 Å². The predicted molar refractivity (Wildman–Crippen MR) is 110 cm³/mol. The second kappa shape index (κ2) is 9.62. The van der Waals surface area contributed by atoms with E-state index in [2.05, 4.69) is 0 Å². The number of carbonyl (C=O) groups excluding carboxylic acids is 2. The number of rotatable bonds is 6. The zero-order valence-electron chi connectivity index (χ0n) is 17.9. The molecular weight excluding hydrogens is 427 g/mol. The van der Waals surface area contributed by atoms with Gasteiger partial charge in [0, 0.05) is 32.0 Å². The van der Waals surface area contributed by atoms with Crippen LogP contribution in [-0.4, -0.2) is 40.5 Å². The molecule has 1 fully saturated rings. The zero-order valence-corrected chi connectivity index (χ0v) is 17.9. The Balaban J connectivity index is 1.99. The summed E-state index contributed by atoms with van der Waals surface area (Å²) in [6, 6.07) is -0.0658. The molecule has 2 amide bonds. The third-order valence-electron chi connectivity index (χ3n) is 5.20. The van der Waals surface area contributed by atoms with Gasteiger partial charge in [0.2, 0.25) is 5.43 Å². The number of amides is 2. The monoisotopic (exact) mass is 453 g/mol. The van der Waals surface area contributed by atoms with Crippen molar-refractivity contribution in [3.8, 4) is 0 Å². The molecule has 0 spiro atoms. The van der Waals surface area contributed by atoms with Crippen LogP contribution >= 0.6 is 0 Å². The van der Waals surface area contributed by atoms with Gasteiger partial charge in [-0.15, -0.1) is 0 Å². The molecule has 7 nitrogen and oxygen atoms in total. The summed E-state index contributed by atoms with van der Waals surface area (Å²) in [7, 11) is 0. The number of halogens is 3. The topological polar surface area (TPSA) is 84.5 Å². The Kier molecular flexibility index (Phi) is 7.10. The first kappa shape index (κ1) is 23.6. The summed E-state index contributed by atoms with van der Waals surface area (Å²) in [5.41, 5.74) is -1.63. The lowest BCUT2D eigenvalue weighted by molar-refractivity contribution is -0.159. The number of carbonyl (C=O) groups is 2. The van der Waals surface area contributed by atoms with E-state index in [0.29, 0.717) is 19.6 Å². The molecule has 32 heavy (non-hydrogen) atoms. The summed E-state index contributed by atoms with van der Waals surface area (Å²) >= 11 is 0. The van der Waals surface area contributed by atoms with Crippen LogP contribution in [0.5, 0.6) is 0 Å². The lowest BCUT2D eigenvalue weighted by Crippen LogP contribution is -2.42. The van der Waals surface area contributed by atoms with Crippen molar-refractivity contribution in [3.05, 3.63) is 57.9 Å². The predicted octanol–water partition coefficient (Wildman–Crippen LogP) is 3.76. The van der Waals surface area contributed by atoms with Gasteiger partial charge in [-0.3, -0.25) is 14.4 Å². The Morgan fingerprint density at radius 2 is 1.78 bits per heavy atom. The number of pyridine rings is 1. The van der Waals surface area contributed by atoms with Crippen molar-refractivity contribution in [2.75, 3.05) is 13.1 Å². The minimum atomic E-state index is -4.84. The largest absolute Gasteiger partial charge is 0.467 e. The van der Waals surface area contributed by atoms with Crippen LogP contribution < -0.4 is 10.7 Å². The molecule has 3 heterocycles. The van der Waals surface area contributed by atoms with Gasteiger partial charge in [0.25, 0.3) is 11.8 Å². The molecule has 0 radical (unpaired) electrons. The van der Waals surface area contributed by atoms with E-state index in [4.69, 9.17) is 4.42 Å². The third kappa shape index (κ3) is 5.41. The second-order valence-corrected chi connectivity index (χ2v) is 8.32. The van der Waals surface area contributed by atoms with E-state index < -0.39 is 40.8 Å². The molecule has 1 N–H and O–H groups in total. The average Bonchev–Trinajstić information content (AvgIpc) is 3.26. The van der Waals surface area contributed by atoms with Crippen LogP contribution in [-0.2, 0) is 6.54 Å². The lowest BCUT2D eigenvalue weighted by Gasteiger charge is -2.27. The summed E-state index contributed by atoms with van der Waals surface area (Å²) in [6.45, 7) is 5.17. The van der Waals surface area contributed by atoms with E-state index in [1.807, 2.05) is 19.2 Å². The number of piperidine rings is 1. The van der Waals surface area contributed by atoms with E-state index >= 15 is 0 Å². The molecule has 2 aromatic heterocycles. The molecule has 1 aliphatic rings. The molecule has 1 aliphatic heterocycles. The fourth-order valence-electron chi connectivity index (χ4n) is 3.72. The SMILES string of the molecule is CC(C)Cn1cc(C(=O)N[C@@H](c2ccco2)C(F)(F)F)c(=O)c(C(=O)N2CCCCC2)c1. The van der Waals surface area contributed by atoms with Gasteiger partial charge >= 0.3 is 6.18 Å². The number of likely N-dealkylation sites (tertiary alicyclic amines) is 1. The van der Waals surface area contributed by atoms with Crippen LogP contribution in [0.4, 0.5) is 13.2 Å². The van der Waals surface area contributed by atoms with Crippen molar-refractivity contribution in [3.63, 3.8) is 0 Å². The van der Waals surface area contributed by atoms with Crippen molar-refractivity contribution in [2.24, 2.45) is 5.92 Å². The first-order chi connectivity index (χ1) is 15.1. The van der Waals surface area contributed by atoms with Gasteiger partial charge in [-0.2, -0.15) is 13.2 Å². The Hall–Kier alpha value is -3.04. The molecule has 0 bridgehead atoms. The van der Waals surface area contributed by atoms with Gasteiger partial charge < -0.3 is 19.2 Å². The van der Waals surface area contributed by atoms with Crippen LogP contribution in [0.2, 0.25) is 0 Å². The van der Waals surface area contributed by atoms with Gasteiger partial charge in [0.15, 0.2) is 6.04 Å². The van der Waals surface area contributed by atoms with Crippen molar-refractivity contribution in [2.45, 2.75) is 51.9 Å². The molecule has 1 saturated heterocycles. The standard InChI is InChI=1S/C22H26F3N3O4/c1-14(2)11-27-12-15(18(29)16(13-27)21(31)28-8-4-3-5-9-28)20(30)26-19(22(23,24)25)17-7-6-10-32-17/h6-7,10,12-14,19H,3-5,8-9,11H2,1-2H3,(H,26,30)/t19-/m0/s1. The summed E-state index contributed by atoms with van der Waals surface area (Å²) < 4.78 is 47.0.